The maximum atomic E-state index is 13.0. The van der Waals surface area contributed by atoms with Gasteiger partial charge in [-0.25, -0.2) is 0 Å². The van der Waals surface area contributed by atoms with Gasteiger partial charge in [-0.1, -0.05) is 17.2 Å². The Bertz CT molecular complexity index is 663. The Balaban J connectivity index is 1.60. The third-order valence-electron chi connectivity index (χ3n) is 5.63. The summed E-state index contributed by atoms with van der Waals surface area (Å²) >= 11 is 0. The van der Waals surface area contributed by atoms with Crippen LogP contribution in [0.3, 0.4) is 0 Å². The summed E-state index contributed by atoms with van der Waals surface area (Å²) in [4.78, 5) is 31.8. The molecule has 0 aliphatic carbocycles. The van der Waals surface area contributed by atoms with Crippen LogP contribution < -0.4 is 0 Å². The van der Waals surface area contributed by atoms with Crippen molar-refractivity contribution in [3.8, 4) is 0 Å². The highest BCUT2D eigenvalue weighted by atomic mass is 16.3. The number of aryl methyl sites for hydroxylation is 2. The highest BCUT2D eigenvalue weighted by molar-refractivity contribution is 5.95. The minimum atomic E-state index is -0.0991. The molecule has 0 saturated carbocycles. The van der Waals surface area contributed by atoms with Crippen molar-refractivity contribution < 1.29 is 14.7 Å². The van der Waals surface area contributed by atoms with Crippen LogP contribution in [0.4, 0.5) is 0 Å². The fraction of sp³-hybridized carbons (Fsp3) is 0.619. The molecule has 3 rings (SSSR count). The summed E-state index contributed by atoms with van der Waals surface area (Å²) in [5.74, 6) is 0.113. The number of nitrogens with zero attached hydrogens (tertiary/aromatic N) is 3. The first-order chi connectivity index (χ1) is 13.0. The van der Waals surface area contributed by atoms with E-state index < -0.39 is 0 Å². The monoisotopic (exact) mass is 373 g/mol. The number of hydrogen-bond donors (Lipinski definition) is 1. The van der Waals surface area contributed by atoms with E-state index in [4.69, 9.17) is 5.11 Å². The predicted molar refractivity (Wildman–Crippen MR) is 105 cm³/mol. The molecular formula is C21H31N3O3. The lowest BCUT2D eigenvalue weighted by molar-refractivity contribution is -0.138. The van der Waals surface area contributed by atoms with Gasteiger partial charge < -0.3 is 14.9 Å². The van der Waals surface area contributed by atoms with E-state index in [1.165, 1.54) is 0 Å². The molecular weight excluding hydrogens is 342 g/mol. The average Bonchev–Trinajstić information content (AvgIpc) is 2.67. The number of piperidine rings is 1. The number of piperazine rings is 1. The van der Waals surface area contributed by atoms with Crippen LogP contribution in [-0.2, 0) is 4.79 Å². The van der Waals surface area contributed by atoms with Gasteiger partial charge in [0.15, 0.2) is 0 Å². The molecule has 2 aliphatic heterocycles. The van der Waals surface area contributed by atoms with Crippen molar-refractivity contribution in [3.05, 3.63) is 34.9 Å². The Labute approximate surface area is 161 Å². The van der Waals surface area contributed by atoms with Gasteiger partial charge in [0.1, 0.15) is 0 Å². The fourth-order valence-corrected chi connectivity index (χ4v) is 4.24. The molecule has 1 unspecified atom stereocenters. The van der Waals surface area contributed by atoms with Crippen LogP contribution >= 0.6 is 0 Å². The molecule has 2 amide bonds. The first-order valence-corrected chi connectivity index (χ1v) is 9.97. The maximum Gasteiger partial charge on any atom is 0.253 e. The number of carbonyl (C=O) groups is 2. The third-order valence-corrected chi connectivity index (χ3v) is 5.63. The number of aliphatic hydroxyl groups is 1. The standard InChI is InChI=1S/C21H31N3O3/c1-16-12-17(2)14-19(13-16)21(27)24-5-3-4-18(15-24)20(26)23-8-6-22(7-9-23)10-11-25/h12-14,18,25H,3-11,15H2,1-2H3. The molecule has 148 valence electrons. The number of benzene rings is 1. The number of β-amino-alcohol motifs (C(OH)–C–C–N with tert-alkyl or cyclic N) is 1. The van der Waals surface area contributed by atoms with Gasteiger partial charge >= 0.3 is 0 Å². The van der Waals surface area contributed by atoms with Crippen LogP contribution in [0, 0.1) is 19.8 Å². The van der Waals surface area contributed by atoms with Crippen molar-refractivity contribution in [2.45, 2.75) is 26.7 Å². The van der Waals surface area contributed by atoms with E-state index in [1.807, 2.05) is 35.8 Å². The largest absolute Gasteiger partial charge is 0.395 e. The Kier molecular flexibility index (Phi) is 6.50. The van der Waals surface area contributed by atoms with Gasteiger partial charge in [-0.3, -0.25) is 14.5 Å². The van der Waals surface area contributed by atoms with E-state index in [-0.39, 0.29) is 24.3 Å². The molecule has 0 bridgehead atoms. The summed E-state index contributed by atoms with van der Waals surface area (Å²) in [7, 11) is 0. The SMILES string of the molecule is Cc1cc(C)cc(C(=O)N2CCCC(C(=O)N3CCN(CCO)CC3)C2)c1. The van der Waals surface area contributed by atoms with Crippen molar-refractivity contribution in [1.29, 1.82) is 0 Å². The summed E-state index contributed by atoms with van der Waals surface area (Å²) < 4.78 is 0. The number of amides is 2. The van der Waals surface area contributed by atoms with Crippen LogP contribution in [0.15, 0.2) is 18.2 Å². The summed E-state index contributed by atoms with van der Waals surface area (Å²) in [5, 5.41) is 9.05. The zero-order chi connectivity index (χ0) is 19.4. The summed E-state index contributed by atoms with van der Waals surface area (Å²) in [6, 6.07) is 5.93. The summed E-state index contributed by atoms with van der Waals surface area (Å²) in [6.07, 6.45) is 1.73. The normalized spacial score (nSPS) is 21.4. The molecule has 1 atom stereocenters. The zero-order valence-corrected chi connectivity index (χ0v) is 16.5. The van der Waals surface area contributed by atoms with Crippen LogP contribution in [0.25, 0.3) is 0 Å². The quantitative estimate of drug-likeness (QED) is 0.864. The van der Waals surface area contributed by atoms with Gasteiger partial charge in [0.2, 0.25) is 5.91 Å². The highest BCUT2D eigenvalue weighted by Crippen LogP contribution is 2.22. The Hall–Kier alpha value is -1.92. The van der Waals surface area contributed by atoms with Gasteiger partial charge in [0, 0.05) is 51.4 Å². The minimum Gasteiger partial charge on any atom is -0.395 e. The number of aliphatic hydroxyl groups excluding tert-OH is 1. The van der Waals surface area contributed by atoms with Crippen LogP contribution in [0.2, 0.25) is 0 Å². The first-order valence-electron chi connectivity index (χ1n) is 9.97. The van der Waals surface area contributed by atoms with Crippen molar-refractivity contribution in [2.75, 3.05) is 52.4 Å². The second-order valence-electron chi connectivity index (χ2n) is 7.86. The molecule has 2 fully saturated rings. The van der Waals surface area contributed by atoms with E-state index >= 15 is 0 Å². The molecule has 0 spiro atoms. The molecule has 6 heteroatoms. The van der Waals surface area contributed by atoms with E-state index in [1.54, 1.807) is 0 Å². The van der Waals surface area contributed by atoms with Gasteiger partial charge in [-0.2, -0.15) is 0 Å². The predicted octanol–water partition coefficient (Wildman–Crippen LogP) is 1.29. The second kappa shape index (κ2) is 8.85. The van der Waals surface area contributed by atoms with E-state index in [9.17, 15) is 9.59 Å². The minimum absolute atomic E-state index is 0.0343. The molecule has 1 aromatic rings. The molecule has 0 aromatic heterocycles. The van der Waals surface area contributed by atoms with Gasteiger partial charge in [0.25, 0.3) is 5.91 Å². The second-order valence-corrected chi connectivity index (χ2v) is 7.86. The fourth-order valence-electron chi connectivity index (χ4n) is 4.24. The van der Waals surface area contributed by atoms with Crippen LogP contribution in [-0.4, -0.2) is 84.0 Å². The molecule has 2 aliphatic rings. The summed E-state index contributed by atoms with van der Waals surface area (Å²) in [5.41, 5.74) is 2.89. The molecule has 0 radical (unpaired) electrons. The first kappa shape index (κ1) is 19.8. The number of likely N-dealkylation sites (tertiary alicyclic amines) is 1. The van der Waals surface area contributed by atoms with E-state index in [0.29, 0.717) is 26.2 Å². The number of hydrogen-bond acceptors (Lipinski definition) is 4. The molecule has 2 heterocycles. The van der Waals surface area contributed by atoms with Gasteiger partial charge in [-0.05, 0) is 38.8 Å². The Morgan fingerprint density at radius 2 is 1.67 bits per heavy atom. The maximum absolute atomic E-state index is 13.0. The van der Waals surface area contributed by atoms with E-state index in [2.05, 4.69) is 11.0 Å². The van der Waals surface area contributed by atoms with Crippen molar-refractivity contribution in [2.24, 2.45) is 5.92 Å². The molecule has 27 heavy (non-hydrogen) atoms. The number of rotatable bonds is 4. The van der Waals surface area contributed by atoms with Crippen molar-refractivity contribution in [1.82, 2.24) is 14.7 Å². The average molecular weight is 373 g/mol. The Morgan fingerprint density at radius 1 is 1.00 bits per heavy atom. The lowest BCUT2D eigenvalue weighted by Crippen LogP contribution is -2.53. The van der Waals surface area contributed by atoms with Crippen molar-refractivity contribution >= 4 is 11.8 Å². The lowest BCUT2D eigenvalue weighted by atomic mass is 9.95. The van der Waals surface area contributed by atoms with Crippen LogP contribution in [0.5, 0.6) is 0 Å². The molecule has 6 nitrogen and oxygen atoms in total. The van der Waals surface area contributed by atoms with E-state index in [0.717, 1.165) is 49.2 Å². The molecule has 1 aromatic carbocycles. The van der Waals surface area contributed by atoms with Crippen molar-refractivity contribution in [3.63, 3.8) is 0 Å². The van der Waals surface area contributed by atoms with Gasteiger partial charge in [0.05, 0.1) is 12.5 Å². The lowest BCUT2D eigenvalue weighted by Gasteiger charge is -2.39. The molecule has 1 N–H and O–H groups in total. The topological polar surface area (TPSA) is 64.1 Å². The molecule has 2 saturated heterocycles. The smallest absolute Gasteiger partial charge is 0.253 e. The summed E-state index contributed by atoms with van der Waals surface area (Å²) in [6.45, 7) is 9.11. The van der Waals surface area contributed by atoms with Crippen LogP contribution in [0.1, 0.15) is 34.3 Å². The Morgan fingerprint density at radius 3 is 2.30 bits per heavy atom. The number of carbonyl (C=O) groups excluding carboxylic acids is 2. The zero-order valence-electron chi connectivity index (χ0n) is 16.5. The third kappa shape index (κ3) is 4.87. The highest BCUT2D eigenvalue weighted by Gasteiger charge is 2.32. The van der Waals surface area contributed by atoms with Gasteiger partial charge in [-0.15, -0.1) is 0 Å².